The summed E-state index contributed by atoms with van der Waals surface area (Å²) < 4.78 is 11.4. The second-order valence-corrected chi connectivity index (χ2v) is 4.61. The molecule has 13 heavy (non-hydrogen) atoms. The zero-order valence-electron chi connectivity index (χ0n) is 7.82. The Morgan fingerprint density at radius 2 is 2.23 bits per heavy atom. The summed E-state index contributed by atoms with van der Waals surface area (Å²) in [4.78, 5) is 0. The maximum Gasteiger partial charge on any atom is 0.0486 e. The Morgan fingerprint density at radius 3 is 2.85 bits per heavy atom. The van der Waals surface area contributed by atoms with Crippen molar-refractivity contribution in [3.8, 4) is 0 Å². The van der Waals surface area contributed by atoms with Gasteiger partial charge < -0.3 is 5.73 Å². The SMILES string of the molecule is CCCS(=O)Cc1cccc(N)c1. The Morgan fingerprint density at radius 1 is 1.46 bits per heavy atom. The van der Waals surface area contributed by atoms with Crippen LogP contribution in [0.3, 0.4) is 0 Å². The molecular formula is C10H15NOS. The van der Waals surface area contributed by atoms with Crippen LogP contribution in [0.25, 0.3) is 0 Å². The number of rotatable bonds is 4. The van der Waals surface area contributed by atoms with Crippen LogP contribution in [-0.4, -0.2) is 9.96 Å². The lowest BCUT2D eigenvalue weighted by atomic mass is 10.2. The summed E-state index contributed by atoms with van der Waals surface area (Å²) in [7, 11) is -0.735. The molecule has 0 aliphatic heterocycles. The summed E-state index contributed by atoms with van der Waals surface area (Å²) >= 11 is 0. The van der Waals surface area contributed by atoms with Crippen LogP contribution in [0.2, 0.25) is 0 Å². The molecule has 2 N–H and O–H groups in total. The van der Waals surface area contributed by atoms with Gasteiger partial charge in [-0.1, -0.05) is 19.1 Å². The van der Waals surface area contributed by atoms with Gasteiger partial charge in [0.2, 0.25) is 0 Å². The molecule has 3 heteroatoms. The molecule has 0 aliphatic carbocycles. The number of nitrogen functional groups attached to an aromatic ring is 1. The first-order chi connectivity index (χ1) is 6.22. The molecule has 0 heterocycles. The van der Waals surface area contributed by atoms with Gasteiger partial charge in [0.05, 0.1) is 0 Å². The van der Waals surface area contributed by atoms with E-state index in [-0.39, 0.29) is 0 Å². The molecular weight excluding hydrogens is 182 g/mol. The van der Waals surface area contributed by atoms with Crippen molar-refractivity contribution in [1.29, 1.82) is 0 Å². The van der Waals surface area contributed by atoms with Crippen LogP contribution in [0.5, 0.6) is 0 Å². The fourth-order valence-corrected chi connectivity index (χ4v) is 2.32. The minimum absolute atomic E-state index is 0.624. The van der Waals surface area contributed by atoms with Crippen LogP contribution < -0.4 is 5.73 Å². The lowest BCUT2D eigenvalue weighted by Gasteiger charge is -2.01. The lowest BCUT2D eigenvalue weighted by Crippen LogP contribution is -2.00. The number of benzene rings is 1. The molecule has 0 aromatic heterocycles. The van der Waals surface area contributed by atoms with E-state index in [1.165, 1.54) is 0 Å². The van der Waals surface area contributed by atoms with Gasteiger partial charge >= 0.3 is 0 Å². The smallest absolute Gasteiger partial charge is 0.0486 e. The predicted octanol–water partition coefficient (Wildman–Crippen LogP) is 1.93. The molecule has 0 amide bonds. The van der Waals surface area contributed by atoms with Crippen molar-refractivity contribution in [2.45, 2.75) is 19.1 Å². The molecule has 0 saturated heterocycles. The fraction of sp³-hybridized carbons (Fsp3) is 0.400. The van der Waals surface area contributed by atoms with E-state index in [0.29, 0.717) is 5.75 Å². The second-order valence-electron chi connectivity index (χ2n) is 3.03. The largest absolute Gasteiger partial charge is 0.399 e. The number of nitrogens with two attached hydrogens (primary N) is 1. The standard InChI is InChI=1S/C10H15NOS/c1-2-6-13(12)8-9-4-3-5-10(11)7-9/h3-5,7H,2,6,8,11H2,1H3. The second kappa shape index (κ2) is 5.02. The van der Waals surface area contributed by atoms with E-state index in [1.807, 2.05) is 31.2 Å². The molecule has 1 aromatic carbocycles. The fourth-order valence-electron chi connectivity index (χ4n) is 1.17. The van der Waals surface area contributed by atoms with Crippen molar-refractivity contribution >= 4 is 16.5 Å². The lowest BCUT2D eigenvalue weighted by molar-refractivity contribution is 0.681. The van der Waals surface area contributed by atoms with Crippen LogP contribution in [0.15, 0.2) is 24.3 Å². The van der Waals surface area contributed by atoms with E-state index < -0.39 is 10.8 Å². The number of hydrogen-bond acceptors (Lipinski definition) is 2. The maximum absolute atomic E-state index is 11.4. The van der Waals surface area contributed by atoms with E-state index >= 15 is 0 Å². The van der Waals surface area contributed by atoms with Gasteiger partial charge in [0, 0.05) is 28.0 Å². The topological polar surface area (TPSA) is 43.1 Å². The van der Waals surface area contributed by atoms with Crippen molar-refractivity contribution in [3.63, 3.8) is 0 Å². The van der Waals surface area contributed by atoms with Gasteiger partial charge in [-0.15, -0.1) is 0 Å². The van der Waals surface area contributed by atoms with E-state index in [4.69, 9.17) is 5.73 Å². The maximum atomic E-state index is 11.4. The molecule has 0 fully saturated rings. The van der Waals surface area contributed by atoms with Gasteiger partial charge in [-0.2, -0.15) is 0 Å². The third kappa shape index (κ3) is 3.59. The monoisotopic (exact) mass is 197 g/mol. The molecule has 1 atom stereocenters. The summed E-state index contributed by atoms with van der Waals surface area (Å²) in [6, 6.07) is 7.58. The molecule has 0 radical (unpaired) electrons. The first-order valence-electron chi connectivity index (χ1n) is 4.41. The normalized spacial score (nSPS) is 12.7. The average Bonchev–Trinajstić information content (AvgIpc) is 2.04. The highest BCUT2D eigenvalue weighted by Gasteiger charge is 2.00. The molecule has 0 saturated carbocycles. The van der Waals surface area contributed by atoms with Gasteiger partial charge in [0.1, 0.15) is 0 Å². The summed E-state index contributed by atoms with van der Waals surface area (Å²) in [5.74, 6) is 1.40. The molecule has 0 spiro atoms. The van der Waals surface area contributed by atoms with Crippen molar-refractivity contribution in [2.75, 3.05) is 11.5 Å². The third-order valence-corrected chi connectivity index (χ3v) is 3.23. The summed E-state index contributed by atoms with van der Waals surface area (Å²) in [6.07, 6.45) is 0.967. The highest BCUT2D eigenvalue weighted by molar-refractivity contribution is 7.84. The average molecular weight is 197 g/mol. The highest BCUT2D eigenvalue weighted by Crippen LogP contribution is 2.09. The zero-order chi connectivity index (χ0) is 9.68. The molecule has 1 rings (SSSR count). The van der Waals surface area contributed by atoms with Gasteiger partial charge in [0.25, 0.3) is 0 Å². The molecule has 0 bridgehead atoms. The van der Waals surface area contributed by atoms with Gasteiger partial charge in [-0.05, 0) is 24.1 Å². The van der Waals surface area contributed by atoms with Crippen molar-refractivity contribution in [2.24, 2.45) is 0 Å². The highest BCUT2D eigenvalue weighted by atomic mass is 32.2. The summed E-state index contributed by atoms with van der Waals surface area (Å²) in [5.41, 5.74) is 7.41. The van der Waals surface area contributed by atoms with Crippen LogP contribution in [0.4, 0.5) is 5.69 Å². The van der Waals surface area contributed by atoms with Gasteiger partial charge in [-0.3, -0.25) is 4.21 Å². The molecule has 1 unspecified atom stereocenters. The minimum Gasteiger partial charge on any atom is -0.399 e. The van der Waals surface area contributed by atoms with E-state index in [1.54, 1.807) is 0 Å². The van der Waals surface area contributed by atoms with Crippen LogP contribution in [0, 0.1) is 0 Å². The molecule has 1 aromatic rings. The van der Waals surface area contributed by atoms with Crippen LogP contribution in [0.1, 0.15) is 18.9 Å². The Labute approximate surface area is 81.6 Å². The zero-order valence-corrected chi connectivity index (χ0v) is 8.64. The minimum atomic E-state index is -0.735. The van der Waals surface area contributed by atoms with Crippen LogP contribution in [-0.2, 0) is 16.6 Å². The predicted molar refractivity (Wildman–Crippen MR) is 57.9 cm³/mol. The van der Waals surface area contributed by atoms with Crippen molar-refractivity contribution in [1.82, 2.24) is 0 Å². The molecule has 72 valence electrons. The number of anilines is 1. The van der Waals surface area contributed by atoms with E-state index in [9.17, 15) is 4.21 Å². The number of hydrogen-bond donors (Lipinski definition) is 1. The van der Waals surface area contributed by atoms with Gasteiger partial charge in [-0.25, -0.2) is 0 Å². The first-order valence-corrected chi connectivity index (χ1v) is 5.90. The van der Waals surface area contributed by atoms with Gasteiger partial charge in [0.15, 0.2) is 0 Å². The van der Waals surface area contributed by atoms with Crippen molar-refractivity contribution < 1.29 is 4.21 Å². The Balaban J connectivity index is 2.58. The Bertz CT molecular complexity index is 299. The Hall–Kier alpha value is -0.830. The summed E-state index contributed by atoms with van der Waals surface area (Å²) in [6.45, 7) is 2.04. The van der Waals surface area contributed by atoms with Crippen molar-refractivity contribution in [3.05, 3.63) is 29.8 Å². The first kappa shape index (κ1) is 10.3. The molecule has 2 nitrogen and oxygen atoms in total. The Kier molecular flexibility index (Phi) is 3.96. The summed E-state index contributed by atoms with van der Waals surface area (Å²) in [5, 5.41) is 0. The van der Waals surface area contributed by atoms with E-state index in [2.05, 4.69) is 0 Å². The third-order valence-electron chi connectivity index (χ3n) is 1.71. The van der Waals surface area contributed by atoms with E-state index in [0.717, 1.165) is 23.4 Å². The quantitative estimate of drug-likeness (QED) is 0.749. The van der Waals surface area contributed by atoms with Crippen LogP contribution >= 0.6 is 0 Å². The molecule has 0 aliphatic rings.